The van der Waals surface area contributed by atoms with Gasteiger partial charge in [0, 0.05) is 5.75 Å². The highest BCUT2D eigenvalue weighted by atomic mass is 32.2. The molecule has 102 valence electrons. The van der Waals surface area contributed by atoms with Crippen LogP contribution in [0, 0.1) is 0 Å². The molecule has 1 fully saturated rings. The predicted octanol–water partition coefficient (Wildman–Crippen LogP) is 0.922. The number of hydrogen-bond donors (Lipinski definition) is 2. The summed E-state index contributed by atoms with van der Waals surface area (Å²) in [6.45, 7) is 0. The van der Waals surface area contributed by atoms with Gasteiger partial charge >= 0.3 is 5.97 Å². The number of amides is 1. The molecule has 0 aliphatic carbocycles. The van der Waals surface area contributed by atoms with Crippen molar-refractivity contribution in [3.05, 3.63) is 29.8 Å². The molecule has 0 radical (unpaired) electrons. The van der Waals surface area contributed by atoms with Crippen molar-refractivity contribution in [2.24, 2.45) is 0 Å². The lowest BCUT2D eigenvalue weighted by atomic mass is 10.1. The van der Waals surface area contributed by atoms with Gasteiger partial charge in [0.2, 0.25) is 5.91 Å². The summed E-state index contributed by atoms with van der Waals surface area (Å²) in [5.74, 6) is -0.0512. The largest absolute Gasteiger partial charge is 0.497 e. The molecular weight excluding hydrogens is 266 g/mol. The zero-order chi connectivity index (χ0) is 13.8. The summed E-state index contributed by atoms with van der Waals surface area (Å²) in [6.07, 6.45) is 0.569. The molecule has 2 atom stereocenters. The molecule has 2 N–H and O–H groups in total. The monoisotopic (exact) mass is 281 g/mol. The highest BCUT2D eigenvalue weighted by Crippen LogP contribution is 2.23. The van der Waals surface area contributed by atoms with Crippen molar-refractivity contribution in [3.63, 3.8) is 0 Å². The van der Waals surface area contributed by atoms with Crippen LogP contribution in [0.5, 0.6) is 5.75 Å². The van der Waals surface area contributed by atoms with E-state index in [4.69, 9.17) is 9.84 Å². The van der Waals surface area contributed by atoms with Gasteiger partial charge in [-0.1, -0.05) is 12.1 Å². The van der Waals surface area contributed by atoms with Gasteiger partial charge in [0.15, 0.2) is 0 Å². The Hall–Kier alpha value is -1.69. The fourth-order valence-corrected chi connectivity index (χ4v) is 3.07. The van der Waals surface area contributed by atoms with Gasteiger partial charge in [-0.25, -0.2) is 4.79 Å². The quantitative estimate of drug-likeness (QED) is 0.858. The van der Waals surface area contributed by atoms with Crippen LogP contribution in [0.4, 0.5) is 0 Å². The van der Waals surface area contributed by atoms with Crippen LogP contribution in [0.1, 0.15) is 5.56 Å². The molecule has 5 nitrogen and oxygen atoms in total. The number of rotatable bonds is 4. The summed E-state index contributed by atoms with van der Waals surface area (Å²) in [6, 6.07) is 6.76. The van der Waals surface area contributed by atoms with Crippen LogP contribution in [0.3, 0.4) is 0 Å². The molecule has 1 aliphatic rings. The molecule has 19 heavy (non-hydrogen) atoms. The topological polar surface area (TPSA) is 75.6 Å². The second-order valence-electron chi connectivity index (χ2n) is 4.28. The smallest absolute Gasteiger partial charge is 0.327 e. The van der Waals surface area contributed by atoms with Crippen LogP contribution >= 0.6 is 11.8 Å². The Morgan fingerprint density at radius 3 is 3.00 bits per heavy atom. The number of nitrogens with one attached hydrogen (secondary N) is 1. The van der Waals surface area contributed by atoms with Crippen LogP contribution in [-0.2, 0) is 16.0 Å². The normalized spacial score (nSPS) is 22.7. The zero-order valence-electron chi connectivity index (χ0n) is 10.5. The Morgan fingerprint density at radius 1 is 1.58 bits per heavy atom. The molecule has 1 aliphatic heterocycles. The van der Waals surface area contributed by atoms with E-state index in [9.17, 15) is 9.59 Å². The second-order valence-corrected chi connectivity index (χ2v) is 5.51. The predicted molar refractivity (Wildman–Crippen MR) is 72.5 cm³/mol. The summed E-state index contributed by atoms with van der Waals surface area (Å²) in [7, 11) is 1.60. The number of aliphatic carboxylic acids is 1. The summed E-state index contributed by atoms with van der Waals surface area (Å²) < 4.78 is 5.13. The van der Waals surface area contributed by atoms with Gasteiger partial charge in [-0.05, 0) is 24.1 Å². The van der Waals surface area contributed by atoms with Gasteiger partial charge in [-0.3, -0.25) is 4.79 Å². The maximum Gasteiger partial charge on any atom is 0.327 e. The first-order valence-corrected chi connectivity index (χ1v) is 6.92. The van der Waals surface area contributed by atoms with E-state index in [2.05, 4.69) is 5.32 Å². The Labute approximate surface area is 115 Å². The van der Waals surface area contributed by atoms with Crippen molar-refractivity contribution in [1.82, 2.24) is 5.32 Å². The van der Waals surface area contributed by atoms with Gasteiger partial charge < -0.3 is 15.2 Å². The van der Waals surface area contributed by atoms with E-state index in [0.717, 1.165) is 11.3 Å². The second kappa shape index (κ2) is 5.97. The minimum Gasteiger partial charge on any atom is -0.497 e. The van der Waals surface area contributed by atoms with E-state index in [1.807, 2.05) is 24.3 Å². The minimum absolute atomic E-state index is 0.216. The lowest BCUT2D eigenvalue weighted by molar-refractivity contribution is -0.141. The standard InChI is InChI=1S/C13H15NO4S/c1-18-9-4-2-3-8(5-9)6-11-12(15)14-10(7-19-11)13(16)17/h2-5,10-11H,6-7H2,1H3,(H,14,15)(H,16,17)/t10-,11-/m0/s1. The van der Waals surface area contributed by atoms with E-state index in [1.54, 1.807) is 7.11 Å². The molecule has 0 unspecified atom stereocenters. The molecule has 1 aromatic rings. The van der Waals surface area contributed by atoms with Crippen molar-refractivity contribution >= 4 is 23.6 Å². The Bertz CT molecular complexity index is 491. The maximum absolute atomic E-state index is 11.8. The highest BCUT2D eigenvalue weighted by molar-refractivity contribution is 8.00. The van der Waals surface area contributed by atoms with E-state index in [0.29, 0.717) is 12.2 Å². The lowest BCUT2D eigenvalue weighted by Crippen LogP contribution is -2.51. The SMILES string of the molecule is COc1cccc(C[C@@H]2SC[C@@H](C(=O)O)NC2=O)c1. The Morgan fingerprint density at radius 2 is 2.37 bits per heavy atom. The molecule has 1 amide bonds. The molecule has 6 heteroatoms. The molecule has 0 bridgehead atoms. The first-order valence-electron chi connectivity index (χ1n) is 5.88. The Balaban J connectivity index is 2.00. The molecule has 0 spiro atoms. The number of hydrogen-bond acceptors (Lipinski definition) is 4. The third-order valence-electron chi connectivity index (χ3n) is 2.93. The van der Waals surface area contributed by atoms with E-state index >= 15 is 0 Å². The first-order chi connectivity index (χ1) is 9.10. The fraction of sp³-hybridized carbons (Fsp3) is 0.385. The summed E-state index contributed by atoms with van der Waals surface area (Å²) in [5.41, 5.74) is 1.00. The first kappa shape index (κ1) is 13.7. The molecule has 0 aromatic heterocycles. The third-order valence-corrected chi connectivity index (χ3v) is 4.24. The van der Waals surface area contributed by atoms with Crippen LogP contribution < -0.4 is 10.1 Å². The molecule has 2 rings (SSSR count). The number of ether oxygens (including phenoxy) is 1. The number of thioether (sulfide) groups is 1. The van der Waals surface area contributed by atoms with Crippen molar-refractivity contribution in [2.75, 3.05) is 12.9 Å². The van der Waals surface area contributed by atoms with Crippen LogP contribution in [0.15, 0.2) is 24.3 Å². The highest BCUT2D eigenvalue weighted by Gasteiger charge is 2.32. The lowest BCUT2D eigenvalue weighted by Gasteiger charge is -2.26. The third kappa shape index (κ3) is 3.41. The minimum atomic E-state index is -0.985. The van der Waals surface area contributed by atoms with Gasteiger partial charge in [0.25, 0.3) is 0 Å². The van der Waals surface area contributed by atoms with E-state index in [1.165, 1.54) is 11.8 Å². The van der Waals surface area contributed by atoms with Gasteiger partial charge in [-0.2, -0.15) is 0 Å². The molecule has 1 aromatic carbocycles. The van der Waals surface area contributed by atoms with Crippen molar-refractivity contribution in [1.29, 1.82) is 0 Å². The van der Waals surface area contributed by atoms with Crippen molar-refractivity contribution in [2.45, 2.75) is 17.7 Å². The molecular formula is C13H15NO4S. The number of carbonyl (C=O) groups excluding carboxylic acids is 1. The summed E-state index contributed by atoms with van der Waals surface area (Å²) >= 11 is 1.38. The number of carboxylic acids is 1. The van der Waals surface area contributed by atoms with Crippen LogP contribution in [0.2, 0.25) is 0 Å². The van der Waals surface area contributed by atoms with Crippen LogP contribution in [0.25, 0.3) is 0 Å². The van der Waals surface area contributed by atoms with Gasteiger partial charge in [0.1, 0.15) is 11.8 Å². The van der Waals surface area contributed by atoms with Gasteiger partial charge in [-0.15, -0.1) is 11.8 Å². The van der Waals surface area contributed by atoms with Crippen LogP contribution in [-0.4, -0.2) is 41.1 Å². The fourth-order valence-electron chi connectivity index (χ4n) is 1.89. The molecule has 1 heterocycles. The average Bonchev–Trinajstić information content (AvgIpc) is 2.41. The van der Waals surface area contributed by atoms with Crippen molar-refractivity contribution in [3.8, 4) is 5.75 Å². The Kier molecular flexibility index (Phi) is 4.31. The maximum atomic E-state index is 11.8. The zero-order valence-corrected chi connectivity index (χ0v) is 11.3. The van der Waals surface area contributed by atoms with Crippen molar-refractivity contribution < 1.29 is 19.4 Å². The van der Waals surface area contributed by atoms with Gasteiger partial charge in [0.05, 0.1) is 12.4 Å². The van der Waals surface area contributed by atoms with E-state index < -0.39 is 12.0 Å². The summed E-state index contributed by atoms with van der Waals surface area (Å²) in [4.78, 5) is 22.6. The number of methoxy groups -OCH3 is 1. The number of benzene rings is 1. The number of carboxylic acid groups (broad SMARTS) is 1. The summed E-state index contributed by atoms with van der Waals surface area (Å²) in [5, 5.41) is 11.1. The molecule has 1 saturated heterocycles. The van der Waals surface area contributed by atoms with E-state index in [-0.39, 0.29) is 11.2 Å². The number of carbonyl (C=O) groups is 2. The average molecular weight is 281 g/mol. The molecule has 0 saturated carbocycles.